The van der Waals surface area contributed by atoms with Crippen molar-refractivity contribution in [3.8, 4) is 0 Å². The van der Waals surface area contributed by atoms with Crippen molar-refractivity contribution in [3.05, 3.63) is 35.4 Å². The van der Waals surface area contributed by atoms with E-state index < -0.39 is 5.60 Å². The molecule has 20 heavy (non-hydrogen) atoms. The van der Waals surface area contributed by atoms with Gasteiger partial charge in [0.25, 0.3) is 0 Å². The third kappa shape index (κ3) is 2.53. The highest BCUT2D eigenvalue weighted by molar-refractivity contribution is 5.29. The van der Waals surface area contributed by atoms with Crippen LogP contribution in [0.25, 0.3) is 0 Å². The van der Waals surface area contributed by atoms with Gasteiger partial charge in [0.1, 0.15) is 0 Å². The third-order valence-corrected chi connectivity index (χ3v) is 5.92. The fraction of sp³-hybridized carbons (Fsp3) is 0.684. The predicted octanol–water partition coefficient (Wildman–Crippen LogP) is 5.13. The van der Waals surface area contributed by atoms with Crippen LogP contribution in [0.1, 0.15) is 82.3 Å². The minimum absolute atomic E-state index is 0.562. The van der Waals surface area contributed by atoms with Gasteiger partial charge in [0.05, 0.1) is 5.60 Å². The average molecular weight is 272 g/mol. The fourth-order valence-corrected chi connectivity index (χ4v) is 4.29. The van der Waals surface area contributed by atoms with Gasteiger partial charge in [-0.2, -0.15) is 0 Å². The Balaban J connectivity index is 1.73. The molecule has 0 radical (unpaired) electrons. The van der Waals surface area contributed by atoms with Crippen molar-refractivity contribution >= 4 is 0 Å². The van der Waals surface area contributed by atoms with E-state index in [4.69, 9.17) is 0 Å². The summed E-state index contributed by atoms with van der Waals surface area (Å²) in [6.45, 7) is 4.43. The molecule has 2 aliphatic carbocycles. The first-order valence-electron chi connectivity index (χ1n) is 8.36. The molecule has 0 aliphatic heterocycles. The predicted molar refractivity (Wildman–Crippen MR) is 83.8 cm³/mol. The molecule has 0 saturated heterocycles. The number of benzene rings is 1. The van der Waals surface area contributed by atoms with E-state index in [0.717, 1.165) is 18.4 Å². The second kappa shape index (κ2) is 5.18. The number of aliphatic hydroxyl groups is 1. The number of hydrogen-bond donors (Lipinski definition) is 1. The summed E-state index contributed by atoms with van der Waals surface area (Å²) in [4.78, 5) is 0. The lowest BCUT2D eigenvalue weighted by Gasteiger charge is -2.42. The van der Waals surface area contributed by atoms with E-state index >= 15 is 0 Å². The van der Waals surface area contributed by atoms with Crippen LogP contribution in [0.4, 0.5) is 0 Å². The van der Waals surface area contributed by atoms with Gasteiger partial charge in [-0.25, -0.2) is 0 Å². The zero-order valence-electron chi connectivity index (χ0n) is 13.0. The van der Waals surface area contributed by atoms with Crippen molar-refractivity contribution in [2.45, 2.75) is 76.7 Å². The molecular formula is C19H28O. The van der Waals surface area contributed by atoms with Crippen LogP contribution >= 0.6 is 0 Å². The Bertz CT molecular complexity index is 441. The normalized spacial score (nSPS) is 24.4. The van der Waals surface area contributed by atoms with Crippen LogP contribution in [0, 0.1) is 5.41 Å². The third-order valence-electron chi connectivity index (χ3n) is 5.92. The monoisotopic (exact) mass is 272 g/mol. The molecule has 1 spiro atoms. The molecule has 110 valence electrons. The Kier molecular flexibility index (Phi) is 3.66. The second-order valence-corrected chi connectivity index (χ2v) is 7.52. The molecule has 1 aromatic rings. The molecule has 0 aromatic heterocycles. The molecule has 2 aliphatic rings. The fourth-order valence-electron chi connectivity index (χ4n) is 4.29. The molecule has 1 aromatic carbocycles. The van der Waals surface area contributed by atoms with E-state index in [0.29, 0.717) is 11.3 Å². The average Bonchev–Trinajstić information content (AvgIpc) is 2.92. The lowest BCUT2D eigenvalue weighted by Crippen LogP contribution is -2.35. The second-order valence-electron chi connectivity index (χ2n) is 7.52. The first-order valence-corrected chi connectivity index (χ1v) is 8.36. The number of rotatable bonds is 2. The smallest absolute Gasteiger partial charge is 0.0897 e. The summed E-state index contributed by atoms with van der Waals surface area (Å²) in [6.07, 6.45) is 9.95. The summed E-state index contributed by atoms with van der Waals surface area (Å²) < 4.78 is 0. The van der Waals surface area contributed by atoms with Crippen LogP contribution in [-0.4, -0.2) is 5.11 Å². The summed E-state index contributed by atoms with van der Waals surface area (Å²) >= 11 is 0. The van der Waals surface area contributed by atoms with Crippen LogP contribution in [0.2, 0.25) is 0 Å². The van der Waals surface area contributed by atoms with Crippen molar-refractivity contribution in [2.75, 3.05) is 0 Å². The maximum absolute atomic E-state index is 11.0. The summed E-state index contributed by atoms with van der Waals surface area (Å²) in [6, 6.07) is 8.69. The molecule has 0 amide bonds. The Morgan fingerprint density at radius 3 is 1.90 bits per heavy atom. The SMILES string of the molecule is CC(C)c1ccc(C2(O)CCC3(CCCC3)CC2)cc1. The first-order chi connectivity index (χ1) is 9.53. The van der Waals surface area contributed by atoms with E-state index in [2.05, 4.69) is 38.1 Å². The van der Waals surface area contributed by atoms with Crippen LogP contribution in [0.15, 0.2) is 24.3 Å². The van der Waals surface area contributed by atoms with E-state index in [-0.39, 0.29) is 0 Å². The Hall–Kier alpha value is -0.820. The highest BCUT2D eigenvalue weighted by Gasteiger charge is 2.43. The summed E-state index contributed by atoms with van der Waals surface area (Å²) in [5.41, 5.74) is 2.52. The van der Waals surface area contributed by atoms with Gasteiger partial charge in [0.2, 0.25) is 0 Å². The van der Waals surface area contributed by atoms with Gasteiger partial charge in [-0.05, 0) is 61.0 Å². The highest BCUT2D eigenvalue weighted by atomic mass is 16.3. The van der Waals surface area contributed by atoms with Crippen molar-refractivity contribution in [1.29, 1.82) is 0 Å². The van der Waals surface area contributed by atoms with Crippen LogP contribution < -0.4 is 0 Å². The van der Waals surface area contributed by atoms with Crippen molar-refractivity contribution in [1.82, 2.24) is 0 Å². The van der Waals surface area contributed by atoms with Gasteiger partial charge >= 0.3 is 0 Å². The van der Waals surface area contributed by atoms with Gasteiger partial charge in [-0.1, -0.05) is 51.0 Å². The van der Waals surface area contributed by atoms with E-state index in [1.165, 1.54) is 44.1 Å². The standard InChI is InChI=1S/C19H28O/c1-15(2)16-5-7-17(8-6-16)19(20)13-11-18(12-14-19)9-3-4-10-18/h5-8,15,20H,3-4,9-14H2,1-2H3. The molecule has 2 fully saturated rings. The molecule has 0 atom stereocenters. The molecule has 1 N–H and O–H groups in total. The Morgan fingerprint density at radius 1 is 0.850 bits per heavy atom. The zero-order valence-corrected chi connectivity index (χ0v) is 13.0. The summed E-state index contributed by atoms with van der Waals surface area (Å²) in [7, 11) is 0. The number of hydrogen-bond acceptors (Lipinski definition) is 1. The minimum atomic E-state index is -0.566. The van der Waals surface area contributed by atoms with Crippen LogP contribution in [-0.2, 0) is 5.60 Å². The molecule has 1 heteroatoms. The van der Waals surface area contributed by atoms with E-state index in [9.17, 15) is 5.11 Å². The topological polar surface area (TPSA) is 20.2 Å². The van der Waals surface area contributed by atoms with Gasteiger partial charge in [-0.3, -0.25) is 0 Å². The highest BCUT2D eigenvalue weighted by Crippen LogP contribution is 2.53. The Labute approximate surface area is 123 Å². The van der Waals surface area contributed by atoms with Gasteiger partial charge in [-0.15, -0.1) is 0 Å². The summed E-state index contributed by atoms with van der Waals surface area (Å²) in [5, 5.41) is 11.0. The summed E-state index contributed by atoms with van der Waals surface area (Å²) in [5.74, 6) is 0.562. The van der Waals surface area contributed by atoms with Crippen molar-refractivity contribution in [3.63, 3.8) is 0 Å². The molecule has 0 unspecified atom stereocenters. The zero-order chi connectivity index (χ0) is 14.2. The molecule has 0 heterocycles. The molecular weight excluding hydrogens is 244 g/mol. The van der Waals surface area contributed by atoms with E-state index in [1.807, 2.05) is 0 Å². The van der Waals surface area contributed by atoms with Crippen LogP contribution in [0.5, 0.6) is 0 Å². The van der Waals surface area contributed by atoms with Crippen molar-refractivity contribution < 1.29 is 5.11 Å². The largest absolute Gasteiger partial charge is 0.385 e. The quantitative estimate of drug-likeness (QED) is 0.791. The van der Waals surface area contributed by atoms with Gasteiger partial charge in [0, 0.05) is 0 Å². The Morgan fingerprint density at radius 2 is 1.40 bits per heavy atom. The maximum atomic E-state index is 11.0. The molecule has 2 saturated carbocycles. The molecule has 1 nitrogen and oxygen atoms in total. The lowest BCUT2D eigenvalue weighted by molar-refractivity contribution is -0.0376. The van der Waals surface area contributed by atoms with Crippen molar-refractivity contribution in [2.24, 2.45) is 5.41 Å². The first kappa shape index (κ1) is 14.1. The van der Waals surface area contributed by atoms with Gasteiger partial charge < -0.3 is 5.11 Å². The molecule has 3 rings (SSSR count). The van der Waals surface area contributed by atoms with Crippen LogP contribution in [0.3, 0.4) is 0 Å². The minimum Gasteiger partial charge on any atom is -0.385 e. The van der Waals surface area contributed by atoms with E-state index in [1.54, 1.807) is 0 Å². The van der Waals surface area contributed by atoms with Gasteiger partial charge in [0.15, 0.2) is 0 Å². The lowest BCUT2D eigenvalue weighted by atomic mass is 9.66. The maximum Gasteiger partial charge on any atom is 0.0897 e. The molecule has 0 bridgehead atoms.